The van der Waals surface area contributed by atoms with E-state index in [0.29, 0.717) is 0 Å². The van der Waals surface area contributed by atoms with Crippen LogP contribution in [-0.2, 0) is 0 Å². The molecule has 0 fully saturated rings. The molecule has 78 valence electrons. The van der Waals surface area contributed by atoms with Crippen LogP contribution in [0.1, 0.15) is 72.5 Å². The van der Waals surface area contributed by atoms with Crippen molar-refractivity contribution in [2.24, 2.45) is 0 Å². The molecule has 0 nitrogen and oxygen atoms in total. The minimum atomic E-state index is 1.10. The molecule has 0 unspecified atom stereocenters. The van der Waals surface area contributed by atoms with Crippen molar-refractivity contribution < 1.29 is 1.37 Å². The summed E-state index contributed by atoms with van der Waals surface area (Å²) in [5.74, 6) is 0. The summed E-state index contributed by atoms with van der Waals surface area (Å²) in [7, 11) is 0. The van der Waals surface area contributed by atoms with Crippen LogP contribution < -0.4 is 0 Å². The second-order valence-electron chi connectivity index (χ2n) is 3.85. The molecule has 0 aliphatic heterocycles. The number of rotatable bonds is 10. The zero-order valence-corrected chi connectivity index (χ0v) is 9.23. The van der Waals surface area contributed by atoms with E-state index < -0.39 is 0 Å². The second kappa shape index (κ2) is 11.7. The van der Waals surface area contributed by atoms with E-state index in [1.54, 1.807) is 0 Å². The van der Waals surface area contributed by atoms with Gasteiger partial charge in [-0.15, -0.1) is 6.55 Å². The third-order valence-corrected chi connectivity index (χ3v) is 2.47. The maximum absolute atomic E-state index is 6.83. The monoisotopic (exact) mass is 183 g/mol. The maximum Gasteiger partial charge on any atom is 0.0534 e. The van der Waals surface area contributed by atoms with Gasteiger partial charge in [-0.3, -0.25) is 0 Å². The van der Waals surface area contributed by atoms with E-state index in [1.807, 2.05) is 6.08 Å². The van der Waals surface area contributed by atoms with Gasteiger partial charge in [0.25, 0.3) is 0 Å². The summed E-state index contributed by atoms with van der Waals surface area (Å²) in [5.41, 5.74) is 0. The van der Waals surface area contributed by atoms with Gasteiger partial charge in [-0.2, -0.15) is 0 Å². The van der Waals surface area contributed by atoms with Crippen molar-refractivity contribution in [1.29, 1.82) is 0 Å². The van der Waals surface area contributed by atoms with Gasteiger partial charge in [0, 0.05) is 0 Å². The third-order valence-electron chi connectivity index (χ3n) is 2.47. The van der Waals surface area contributed by atoms with Crippen molar-refractivity contribution in [2.75, 3.05) is 0 Å². The van der Waals surface area contributed by atoms with Crippen molar-refractivity contribution in [3.63, 3.8) is 0 Å². The first kappa shape index (κ1) is 10.8. The molecule has 0 aliphatic rings. The molecule has 0 amide bonds. The molecule has 0 saturated heterocycles. The SMILES string of the molecule is [2H]C=CCCCCCCCCCCC. The topological polar surface area (TPSA) is 0 Å². The Morgan fingerprint density at radius 1 is 0.923 bits per heavy atom. The van der Waals surface area contributed by atoms with E-state index in [-0.39, 0.29) is 0 Å². The van der Waals surface area contributed by atoms with Crippen molar-refractivity contribution in [3.05, 3.63) is 12.6 Å². The fourth-order valence-electron chi connectivity index (χ4n) is 1.57. The first-order valence-electron chi connectivity index (χ1n) is 6.53. The first-order chi connectivity index (χ1) is 6.91. The van der Waals surface area contributed by atoms with Crippen LogP contribution in [0.3, 0.4) is 0 Å². The van der Waals surface area contributed by atoms with Gasteiger partial charge in [0.2, 0.25) is 0 Å². The van der Waals surface area contributed by atoms with E-state index in [9.17, 15) is 0 Å². The molecule has 0 aromatic rings. The number of allylic oxidation sites excluding steroid dienone is 1. The molecule has 0 heterocycles. The van der Waals surface area contributed by atoms with E-state index in [4.69, 9.17) is 1.37 Å². The predicted octanol–water partition coefficient (Wildman–Crippen LogP) is 5.09. The number of hydrogen-bond donors (Lipinski definition) is 0. The minimum absolute atomic E-state index is 1.10. The summed E-state index contributed by atoms with van der Waals surface area (Å²) in [6, 6.07) is 0. The van der Waals surface area contributed by atoms with Crippen LogP contribution in [0.5, 0.6) is 0 Å². The summed E-state index contributed by atoms with van der Waals surface area (Å²) in [5, 5.41) is 0. The van der Waals surface area contributed by atoms with Gasteiger partial charge in [-0.1, -0.05) is 64.4 Å². The molecule has 0 radical (unpaired) electrons. The van der Waals surface area contributed by atoms with Crippen LogP contribution in [0.4, 0.5) is 0 Å². The molecule has 0 spiro atoms. The molecule has 13 heavy (non-hydrogen) atoms. The molecule has 0 saturated carbocycles. The highest BCUT2D eigenvalue weighted by Crippen LogP contribution is 2.10. The highest BCUT2D eigenvalue weighted by atomic mass is 14.0. The molecule has 0 aromatic carbocycles. The molecule has 0 aliphatic carbocycles. The first-order valence-corrected chi connectivity index (χ1v) is 5.95. The lowest BCUT2D eigenvalue weighted by atomic mass is 10.1. The van der Waals surface area contributed by atoms with Gasteiger partial charge in [-0.25, -0.2) is 0 Å². The van der Waals surface area contributed by atoms with Gasteiger partial charge in [-0.05, 0) is 12.8 Å². The molecule has 0 heteroatoms. The van der Waals surface area contributed by atoms with E-state index in [1.165, 1.54) is 64.3 Å². The highest BCUT2D eigenvalue weighted by molar-refractivity contribution is 4.65. The van der Waals surface area contributed by atoms with Crippen molar-refractivity contribution >= 4 is 0 Å². The summed E-state index contributed by atoms with van der Waals surface area (Å²) in [6.45, 7) is 3.67. The molecular formula is C13H26. The lowest BCUT2D eigenvalue weighted by Gasteiger charge is -2.00. The van der Waals surface area contributed by atoms with Gasteiger partial charge in [0.05, 0.1) is 1.37 Å². The van der Waals surface area contributed by atoms with Gasteiger partial charge in [0.15, 0.2) is 0 Å². The zero-order valence-electron chi connectivity index (χ0n) is 10.2. The number of hydrogen-bond acceptors (Lipinski definition) is 0. The smallest absolute Gasteiger partial charge is 0.0534 e. The Kier molecular flexibility index (Phi) is 9.77. The average molecular weight is 183 g/mol. The van der Waals surface area contributed by atoms with Gasteiger partial charge < -0.3 is 0 Å². The fourth-order valence-corrected chi connectivity index (χ4v) is 1.57. The Morgan fingerprint density at radius 3 is 2.00 bits per heavy atom. The lowest BCUT2D eigenvalue weighted by Crippen LogP contribution is -1.80. The van der Waals surface area contributed by atoms with Crippen LogP contribution in [0.25, 0.3) is 0 Å². The highest BCUT2D eigenvalue weighted by Gasteiger charge is 1.90. The van der Waals surface area contributed by atoms with Crippen LogP contribution in [0.2, 0.25) is 0 Å². The summed E-state index contributed by atoms with van der Waals surface area (Å²) >= 11 is 0. The predicted molar refractivity (Wildman–Crippen MR) is 62.0 cm³/mol. The largest absolute Gasteiger partial charge is 0.103 e. The van der Waals surface area contributed by atoms with Crippen LogP contribution >= 0.6 is 0 Å². The molecule has 0 bridgehead atoms. The fraction of sp³-hybridized carbons (Fsp3) is 0.846. The Hall–Kier alpha value is -0.260. The standard InChI is InChI=1S/C13H26/c1-3-5-7-9-11-13-12-10-8-6-4-2/h3H,1,4-13H2,2H3/i1D. The van der Waals surface area contributed by atoms with Crippen molar-refractivity contribution in [1.82, 2.24) is 0 Å². The molecule has 0 N–H and O–H groups in total. The quantitative estimate of drug-likeness (QED) is 0.327. The summed E-state index contributed by atoms with van der Waals surface area (Å²) < 4.78 is 6.83. The summed E-state index contributed by atoms with van der Waals surface area (Å²) in [4.78, 5) is 0. The Labute approximate surface area is 85.8 Å². The van der Waals surface area contributed by atoms with Crippen LogP contribution in [-0.4, -0.2) is 0 Å². The van der Waals surface area contributed by atoms with Crippen molar-refractivity contribution in [2.45, 2.75) is 71.1 Å². The van der Waals surface area contributed by atoms with Crippen LogP contribution in [0.15, 0.2) is 12.6 Å². The van der Waals surface area contributed by atoms with E-state index in [2.05, 4.69) is 6.92 Å². The Balaban J connectivity index is 2.85. The second-order valence-corrected chi connectivity index (χ2v) is 3.85. The molecule has 0 aromatic heterocycles. The minimum Gasteiger partial charge on any atom is -0.103 e. The lowest BCUT2D eigenvalue weighted by molar-refractivity contribution is 0.566. The summed E-state index contributed by atoms with van der Waals surface area (Å²) in [6.07, 6.45) is 15.5. The average Bonchev–Trinajstić information content (AvgIpc) is 2.21. The molecule has 0 rings (SSSR count). The normalized spacial score (nSPS) is 12.2. The van der Waals surface area contributed by atoms with E-state index >= 15 is 0 Å². The number of unbranched alkanes of at least 4 members (excludes halogenated alkanes) is 9. The Morgan fingerprint density at radius 2 is 1.46 bits per heavy atom. The van der Waals surface area contributed by atoms with Crippen LogP contribution in [0, 0.1) is 0 Å². The van der Waals surface area contributed by atoms with Gasteiger partial charge in [0.1, 0.15) is 0 Å². The van der Waals surface area contributed by atoms with Crippen molar-refractivity contribution in [3.8, 4) is 0 Å². The zero-order chi connectivity index (χ0) is 10.5. The molecular weight excluding hydrogens is 156 g/mol. The third kappa shape index (κ3) is 11.7. The van der Waals surface area contributed by atoms with E-state index in [0.717, 1.165) is 6.42 Å². The van der Waals surface area contributed by atoms with Gasteiger partial charge >= 0.3 is 0 Å². The maximum atomic E-state index is 6.83. The Bertz CT molecular complexity index is 118. The molecule has 0 atom stereocenters.